The van der Waals surface area contributed by atoms with Crippen LogP contribution in [0, 0.1) is 5.82 Å². The Kier molecular flexibility index (Phi) is 9.41. The van der Waals surface area contributed by atoms with Crippen molar-refractivity contribution >= 4 is 51.1 Å². The molecule has 0 radical (unpaired) electrons. The summed E-state index contributed by atoms with van der Waals surface area (Å²) in [6.07, 6.45) is 1.96. The first-order valence-corrected chi connectivity index (χ1v) is 13.6. The van der Waals surface area contributed by atoms with Crippen molar-refractivity contribution in [2.45, 2.75) is 50.5 Å². The molecule has 4 rings (SSSR count). The molecule has 14 heteroatoms. The first kappa shape index (κ1) is 29.7. The predicted octanol–water partition coefficient (Wildman–Crippen LogP) is 4.89. The first-order chi connectivity index (χ1) is 18.3. The van der Waals surface area contributed by atoms with Crippen LogP contribution in [-0.2, 0) is 24.3 Å². The molecule has 1 aliphatic carbocycles. The van der Waals surface area contributed by atoms with Crippen LogP contribution in [0.5, 0.6) is 5.75 Å². The monoisotopic (exact) mass is 583 g/mol. The summed E-state index contributed by atoms with van der Waals surface area (Å²) in [6, 6.07) is 7.75. The number of carbonyl (C=O) groups is 3. The van der Waals surface area contributed by atoms with Crippen molar-refractivity contribution in [3.8, 4) is 5.75 Å². The number of carbonyl (C=O) groups excluding carboxylic acids is 3. The molecule has 0 unspecified atom stereocenters. The van der Waals surface area contributed by atoms with Crippen LogP contribution in [0.2, 0.25) is 5.02 Å². The van der Waals surface area contributed by atoms with Crippen LogP contribution in [0.15, 0.2) is 52.6 Å². The number of imide groups is 1. The number of sulfonamides is 1. The molecular weight excluding hydrogens is 557 g/mol. The van der Waals surface area contributed by atoms with Gasteiger partial charge in [0.25, 0.3) is 10.0 Å². The molecule has 1 heterocycles. The van der Waals surface area contributed by atoms with Gasteiger partial charge in [-0.25, -0.2) is 32.0 Å². The van der Waals surface area contributed by atoms with Crippen molar-refractivity contribution in [1.29, 1.82) is 0 Å². The van der Waals surface area contributed by atoms with E-state index in [1.807, 2.05) is 0 Å². The fraction of sp³-hybridized carbons (Fsp3) is 0.320. The lowest BCUT2D eigenvalue weighted by Crippen LogP contribution is -2.30. The maximum Gasteiger partial charge on any atom is 0.427 e. The summed E-state index contributed by atoms with van der Waals surface area (Å²) in [5.74, 6) is -1.33. The Morgan fingerprint density at radius 1 is 1.15 bits per heavy atom. The first-order valence-electron chi connectivity index (χ1n) is 11.7. The molecule has 3 N–H and O–H groups in total. The summed E-state index contributed by atoms with van der Waals surface area (Å²) < 4.78 is 53.9. The van der Waals surface area contributed by atoms with Crippen LogP contribution in [0.1, 0.15) is 39.5 Å². The van der Waals surface area contributed by atoms with E-state index >= 15 is 0 Å². The normalized spacial score (nSPS) is 15.4. The van der Waals surface area contributed by atoms with Gasteiger partial charge < -0.3 is 19.9 Å². The van der Waals surface area contributed by atoms with Gasteiger partial charge in [-0.15, -0.1) is 0 Å². The molecule has 39 heavy (non-hydrogen) atoms. The Morgan fingerprint density at radius 2 is 1.77 bits per heavy atom. The summed E-state index contributed by atoms with van der Waals surface area (Å²) in [5.41, 5.74) is 6.14. The minimum atomic E-state index is -3.87. The smallest absolute Gasteiger partial charge is 0.427 e. The Bertz CT molecular complexity index is 1400. The number of allylic oxidation sites excluding steroid dienone is 1. The Balaban J connectivity index is 0.000000242. The number of halogens is 2. The zero-order chi connectivity index (χ0) is 28.9. The molecule has 2 fully saturated rings. The number of nitrogens with two attached hydrogens (primary N) is 1. The fourth-order valence-electron chi connectivity index (χ4n) is 3.71. The molecule has 0 atom stereocenters. The van der Waals surface area contributed by atoms with Crippen molar-refractivity contribution in [2.75, 3.05) is 17.7 Å². The number of rotatable bonds is 5. The molecule has 2 aromatic rings. The van der Waals surface area contributed by atoms with E-state index in [1.54, 1.807) is 18.6 Å². The highest BCUT2D eigenvalue weighted by atomic mass is 35.5. The molecule has 1 saturated heterocycles. The van der Waals surface area contributed by atoms with E-state index in [4.69, 9.17) is 26.8 Å². The summed E-state index contributed by atoms with van der Waals surface area (Å²) in [5, 5.41) is 0.102. The molecule has 1 aliphatic heterocycles. The summed E-state index contributed by atoms with van der Waals surface area (Å²) in [4.78, 5) is 35.7. The Morgan fingerprint density at radius 3 is 2.31 bits per heavy atom. The van der Waals surface area contributed by atoms with Crippen molar-refractivity contribution in [2.24, 2.45) is 0 Å². The third-order valence-corrected chi connectivity index (χ3v) is 7.28. The van der Waals surface area contributed by atoms with Crippen molar-refractivity contribution in [1.82, 2.24) is 4.72 Å². The summed E-state index contributed by atoms with van der Waals surface area (Å²) in [6.45, 7) is 3.27. The highest BCUT2D eigenvalue weighted by Gasteiger charge is 2.40. The Labute approximate surface area is 229 Å². The van der Waals surface area contributed by atoms with Crippen LogP contribution in [0.25, 0.3) is 0 Å². The van der Waals surface area contributed by atoms with Gasteiger partial charge in [-0.2, -0.15) is 0 Å². The van der Waals surface area contributed by atoms with E-state index in [9.17, 15) is 27.2 Å². The van der Waals surface area contributed by atoms with E-state index in [2.05, 4.69) is 4.74 Å². The molecule has 0 spiro atoms. The maximum atomic E-state index is 14.3. The lowest BCUT2D eigenvalue weighted by atomic mass is 10.2. The van der Waals surface area contributed by atoms with E-state index in [-0.39, 0.29) is 33.2 Å². The van der Waals surface area contributed by atoms with Gasteiger partial charge in [-0.05, 0) is 75.4 Å². The third-order valence-electron chi connectivity index (χ3n) is 5.65. The van der Waals surface area contributed by atoms with Crippen LogP contribution in [0.3, 0.4) is 0 Å². The van der Waals surface area contributed by atoms with E-state index in [1.165, 1.54) is 30.3 Å². The number of nitrogen functional groups attached to an aromatic ring is 1. The summed E-state index contributed by atoms with van der Waals surface area (Å²) >= 11 is 6.04. The van der Waals surface area contributed by atoms with E-state index < -0.39 is 33.9 Å². The zero-order valence-electron chi connectivity index (χ0n) is 21.3. The predicted molar refractivity (Wildman–Crippen MR) is 140 cm³/mol. The lowest BCUT2D eigenvalue weighted by molar-refractivity contribution is -0.114. The number of hydrogen-bond acceptors (Lipinski definition) is 9. The average molecular weight is 584 g/mol. The fourth-order valence-corrected chi connectivity index (χ4v) is 4.82. The second-order valence-corrected chi connectivity index (χ2v) is 10.9. The number of amides is 3. The average Bonchev–Trinajstić information content (AvgIpc) is 3.48. The van der Waals surface area contributed by atoms with Gasteiger partial charge in [0, 0.05) is 11.8 Å². The van der Waals surface area contributed by atoms with Crippen LogP contribution in [-0.4, -0.2) is 39.7 Å². The van der Waals surface area contributed by atoms with Gasteiger partial charge in [0.1, 0.15) is 11.6 Å². The standard InChI is InChI=1S/C17H17ClFNO4.C8H10N2O4S/c1-9(2)15-16(21)20(17(22)24-15)13-8-14(11(18)7-12(13)19)23-10-5-3-4-6-10;1-14-8(11)10-15(12,13)7-4-2-6(9)3-5-7/h7-8,10H,3-6H2,1-2H3;2-5H,9H2,1H3,(H,10,11). The van der Waals surface area contributed by atoms with Crippen LogP contribution < -0.4 is 20.1 Å². The highest BCUT2D eigenvalue weighted by Crippen LogP contribution is 2.37. The Hall–Kier alpha value is -3.84. The SMILES string of the molecule is CC(C)=C1OC(=O)N(c2cc(OC3CCCC3)c(Cl)cc2F)C1=O.COC(=O)NS(=O)(=O)c1ccc(N)cc1. The number of nitrogens with zero attached hydrogens (tertiary/aromatic N) is 1. The topological polar surface area (TPSA) is 154 Å². The van der Waals surface area contributed by atoms with Gasteiger partial charge in [-0.1, -0.05) is 11.6 Å². The molecule has 1 saturated carbocycles. The largest absolute Gasteiger partial charge is 0.489 e. The number of hydrogen-bond donors (Lipinski definition) is 2. The van der Waals surface area contributed by atoms with Crippen LogP contribution >= 0.6 is 11.6 Å². The van der Waals surface area contributed by atoms with Crippen molar-refractivity contribution in [3.05, 3.63) is 58.6 Å². The quantitative estimate of drug-likeness (QED) is 0.369. The lowest BCUT2D eigenvalue weighted by Gasteiger charge is -2.18. The molecule has 11 nitrogen and oxygen atoms in total. The third kappa shape index (κ3) is 7.18. The van der Waals surface area contributed by atoms with E-state index in [0.29, 0.717) is 16.2 Å². The van der Waals surface area contributed by atoms with Gasteiger partial charge in [0.05, 0.1) is 28.8 Å². The minimum Gasteiger partial charge on any atom is -0.489 e. The van der Waals surface area contributed by atoms with Crippen molar-refractivity contribution < 1.29 is 41.4 Å². The molecule has 0 bridgehead atoms. The highest BCUT2D eigenvalue weighted by molar-refractivity contribution is 7.90. The summed E-state index contributed by atoms with van der Waals surface area (Å²) in [7, 11) is -2.79. The molecule has 2 aliphatic rings. The second kappa shape index (κ2) is 12.3. The van der Waals surface area contributed by atoms with Crippen molar-refractivity contribution in [3.63, 3.8) is 0 Å². The zero-order valence-corrected chi connectivity index (χ0v) is 22.9. The molecule has 2 aromatic carbocycles. The second-order valence-electron chi connectivity index (χ2n) is 8.76. The number of methoxy groups -OCH3 is 1. The number of anilines is 2. The molecule has 0 aromatic heterocycles. The van der Waals surface area contributed by atoms with Crippen LogP contribution in [0.4, 0.5) is 25.4 Å². The molecule has 210 valence electrons. The van der Waals surface area contributed by atoms with Gasteiger partial charge in [0.15, 0.2) is 5.76 Å². The van der Waals surface area contributed by atoms with Gasteiger partial charge in [-0.3, -0.25) is 4.79 Å². The van der Waals surface area contributed by atoms with Gasteiger partial charge in [0.2, 0.25) is 0 Å². The number of nitrogens with one attached hydrogen (secondary N) is 1. The number of ether oxygens (including phenoxy) is 3. The number of cyclic esters (lactones) is 1. The van der Waals surface area contributed by atoms with Gasteiger partial charge >= 0.3 is 18.1 Å². The molecule has 3 amide bonds. The van der Waals surface area contributed by atoms with E-state index in [0.717, 1.165) is 38.9 Å². The minimum absolute atomic E-state index is 0.00962. The molecular formula is C25H27ClFN3O8S. The number of benzene rings is 2. The maximum absolute atomic E-state index is 14.3.